The quantitative estimate of drug-likeness (QED) is 0.301. The fourth-order valence-corrected chi connectivity index (χ4v) is 5.36. The Morgan fingerprint density at radius 3 is 2.04 bits per heavy atom. The van der Waals surface area contributed by atoms with E-state index < -0.39 is 0 Å². The number of hydrogen-bond acceptors (Lipinski definition) is 2. The number of aliphatic hydroxyl groups excluding tert-OH is 1. The molecule has 2 N–H and O–H groups in total. The lowest BCUT2D eigenvalue weighted by Gasteiger charge is -2.63. The summed E-state index contributed by atoms with van der Waals surface area (Å²) in [5.74, 6) is 7.05. The molecule has 0 heterocycles. The van der Waals surface area contributed by atoms with Gasteiger partial charge in [0.25, 0.3) is 0 Å². The van der Waals surface area contributed by atoms with Crippen LogP contribution in [-0.2, 0) is 0 Å². The maximum absolute atomic E-state index is 8.47. The molecule has 0 bridgehead atoms. The van der Waals surface area contributed by atoms with Crippen LogP contribution in [0.15, 0.2) is 30.5 Å². The highest BCUT2D eigenvalue weighted by Gasteiger charge is 2.62. The van der Waals surface area contributed by atoms with E-state index in [-0.39, 0.29) is 21.0 Å². The molecule has 3 rings (SSSR count). The van der Waals surface area contributed by atoms with E-state index in [0.29, 0.717) is 5.71 Å². The van der Waals surface area contributed by atoms with Gasteiger partial charge in [-0.3, -0.25) is 0 Å². The van der Waals surface area contributed by atoms with Crippen LogP contribution in [0.1, 0.15) is 81.6 Å². The third-order valence-corrected chi connectivity index (χ3v) is 6.35. The van der Waals surface area contributed by atoms with Crippen LogP contribution in [0.2, 0.25) is 0 Å². The second-order valence-electron chi connectivity index (χ2n) is 7.93. The van der Waals surface area contributed by atoms with Gasteiger partial charge in [0.05, 0.1) is 6.10 Å². The molecule has 27 heavy (non-hydrogen) atoms. The molecule has 0 radical (unpaired) electrons. The molecular formula is C25H47NO. The highest BCUT2D eigenvalue weighted by molar-refractivity contribution is 5.89. The molecule has 3 aliphatic carbocycles. The highest BCUT2D eigenvalue weighted by Crippen LogP contribution is 2.69. The smallest absolute Gasteiger partial charge is 0.0692 e. The summed E-state index contributed by atoms with van der Waals surface area (Å²) in [6, 6.07) is 0. The maximum atomic E-state index is 8.47. The number of allylic oxidation sites excluding steroid dienone is 2. The topological polar surface area (TPSA) is 44.1 Å². The van der Waals surface area contributed by atoms with Gasteiger partial charge in [0.2, 0.25) is 0 Å². The van der Waals surface area contributed by atoms with Crippen LogP contribution < -0.4 is 0 Å². The summed E-state index contributed by atoms with van der Waals surface area (Å²) in [5, 5.41) is 15.2. The lowest BCUT2D eigenvalue weighted by molar-refractivity contribution is -0.151. The van der Waals surface area contributed by atoms with Crippen LogP contribution >= 0.6 is 0 Å². The number of aliphatic hydroxyl groups is 1. The van der Waals surface area contributed by atoms with Crippen molar-refractivity contribution in [3.63, 3.8) is 0 Å². The van der Waals surface area contributed by atoms with Crippen molar-refractivity contribution in [2.75, 3.05) is 0 Å². The molecule has 7 atom stereocenters. The van der Waals surface area contributed by atoms with Crippen LogP contribution in [0.4, 0.5) is 0 Å². The molecule has 3 aliphatic rings. The summed E-state index contributed by atoms with van der Waals surface area (Å²) >= 11 is 0. The molecule has 0 aromatic heterocycles. The van der Waals surface area contributed by atoms with Crippen molar-refractivity contribution >= 4 is 5.71 Å². The summed E-state index contributed by atoms with van der Waals surface area (Å²) in [6.07, 6.45) is 12.4. The number of fused-ring (bicyclic) bond motifs is 4. The molecule has 0 aromatic carbocycles. The van der Waals surface area contributed by atoms with E-state index in [1.165, 1.54) is 42.6 Å². The molecule has 3 fully saturated rings. The molecule has 0 aromatic rings. The molecule has 0 amide bonds. The average molecular weight is 378 g/mol. The monoisotopic (exact) mass is 377 g/mol. The van der Waals surface area contributed by atoms with E-state index in [2.05, 4.69) is 26.2 Å². The Balaban J connectivity index is 0. The zero-order valence-corrected chi connectivity index (χ0v) is 17.0. The Labute approximate surface area is 170 Å². The van der Waals surface area contributed by atoms with Gasteiger partial charge in [0.15, 0.2) is 0 Å². The fraction of sp³-hybridized carbons (Fsp3) is 0.760. The minimum atomic E-state index is -0.282. The summed E-state index contributed by atoms with van der Waals surface area (Å²) in [4.78, 5) is 0. The average Bonchev–Trinajstić information content (AvgIpc) is 2.87. The first kappa shape index (κ1) is 28.1. The van der Waals surface area contributed by atoms with Crippen LogP contribution in [0.3, 0.4) is 0 Å². The summed E-state index contributed by atoms with van der Waals surface area (Å²) < 4.78 is 0. The van der Waals surface area contributed by atoms with E-state index in [4.69, 9.17) is 10.5 Å². The Morgan fingerprint density at radius 2 is 1.70 bits per heavy atom. The van der Waals surface area contributed by atoms with E-state index in [1.807, 2.05) is 13.0 Å². The van der Waals surface area contributed by atoms with Crippen molar-refractivity contribution in [1.82, 2.24) is 0 Å². The molecule has 3 saturated carbocycles. The molecule has 2 nitrogen and oxygen atoms in total. The van der Waals surface area contributed by atoms with Crippen LogP contribution in [0, 0.1) is 40.9 Å². The normalized spacial score (nSPS) is 32.7. The number of nitrogens with one attached hydrogen (secondary N) is 1. The zero-order valence-electron chi connectivity index (χ0n) is 17.0. The third kappa shape index (κ3) is 7.43. The van der Waals surface area contributed by atoms with Crippen molar-refractivity contribution in [3.8, 4) is 0 Å². The van der Waals surface area contributed by atoms with Gasteiger partial charge in [0, 0.05) is 5.71 Å². The molecule has 0 aliphatic heterocycles. The first-order chi connectivity index (χ1) is 11.9. The van der Waals surface area contributed by atoms with Crippen LogP contribution in [0.25, 0.3) is 0 Å². The molecule has 7 unspecified atom stereocenters. The lowest BCUT2D eigenvalue weighted by atomic mass is 9.42. The zero-order chi connectivity index (χ0) is 19.0. The first-order valence-corrected chi connectivity index (χ1v) is 10.1. The molecule has 0 spiro atoms. The summed E-state index contributed by atoms with van der Waals surface area (Å²) in [7, 11) is 0. The minimum absolute atomic E-state index is 0. The van der Waals surface area contributed by atoms with Gasteiger partial charge < -0.3 is 10.5 Å². The molecule has 158 valence electrons. The Morgan fingerprint density at radius 1 is 1.15 bits per heavy atom. The minimum Gasteiger partial charge on any atom is -0.389 e. The van der Waals surface area contributed by atoms with Crippen molar-refractivity contribution in [1.29, 1.82) is 5.41 Å². The van der Waals surface area contributed by atoms with Gasteiger partial charge in [-0.25, -0.2) is 0 Å². The molecular weight excluding hydrogens is 330 g/mol. The van der Waals surface area contributed by atoms with E-state index >= 15 is 0 Å². The van der Waals surface area contributed by atoms with Gasteiger partial charge in [-0.2, -0.15) is 0 Å². The summed E-state index contributed by atoms with van der Waals surface area (Å²) in [6.45, 7) is 13.4. The van der Waals surface area contributed by atoms with Crippen LogP contribution in [-0.4, -0.2) is 16.9 Å². The fourth-order valence-electron chi connectivity index (χ4n) is 5.36. The number of hydrogen-bond donors (Lipinski definition) is 2. The Bertz CT molecular complexity index is 487. The SMILES string of the molecule is C.C.C/C=C/C(C)O.C=C=CC(C)=N.CCC1CCC2C1C1CC(CC)C21. The van der Waals surface area contributed by atoms with Crippen LogP contribution in [0.5, 0.6) is 0 Å². The second-order valence-corrected chi connectivity index (χ2v) is 7.93. The maximum Gasteiger partial charge on any atom is 0.0692 e. The van der Waals surface area contributed by atoms with Crippen molar-refractivity contribution in [2.45, 2.75) is 87.7 Å². The second kappa shape index (κ2) is 14.0. The first-order valence-electron chi connectivity index (χ1n) is 10.1. The van der Waals surface area contributed by atoms with E-state index in [9.17, 15) is 0 Å². The lowest BCUT2D eigenvalue weighted by Crippen LogP contribution is -2.57. The summed E-state index contributed by atoms with van der Waals surface area (Å²) in [5.41, 5.74) is 2.96. The van der Waals surface area contributed by atoms with Gasteiger partial charge in [-0.1, -0.05) is 60.3 Å². The van der Waals surface area contributed by atoms with Gasteiger partial charge >= 0.3 is 0 Å². The van der Waals surface area contributed by atoms with Crippen molar-refractivity contribution in [3.05, 3.63) is 30.5 Å². The predicted molar refractivity (Wildman–Crippen MR) is 122 cm³/mol. The Hall–Kier alpha value is -1.11. The Kier molecular flexibility index (Phi) is 14.5. The number of rotatable bonds is 4. The molecule has 0 saturated heterocycles. The molecule has 2 heteroatoms. The predicted octanol–water partition coefficient (Wildman–Crippen LogP) is 7.30. The van der Waals surface area contributed by atoms with Crippen molar-refractivity contribution < 1.29 is 5.11 Å². The van der Waals surface area contributed by atoms with Crippen molar-refractivity contribution in [2.24, 2.45) is 35.5 Å². The van der Waals surface area contributed by atoms with Gasteiger partial charge in [-0.15, -0.1) is 5.73 Å². The third-order valence-electron chi connectivity index (χ3n) is 6.35. The van der Waals surface area contributed by atoms with E-state index in [0.717, 1.165) is 11.8 Å². The highest BCUT2D eigenvalue weighted by atomic mass is 16.3. The standard InChI is InChI=1S/C13H22.C5H7N.C5H10O.2CH4/c1-3-8-5-6-10-12(8)11-7-9(4-2)13(10)11;2*1-3-4-5(2)6;;/h8-13H,3-7H2,1-2H3;4,6H,1H2,2H3;3-6H,1-2H3;2*1H4/b;;4-3+;;. The van der Waals surface area contributed by atoms with Gasteiger partial charge in [0.1, 0.15) is 0 Å². The van der Waals surface area contributed by atoms with Gasteiger partial charge in [-0.05, 0) is 81.6 Å². The largest absolute Gasteiger partial charge is 0.389 e. The van der Waals surface area contributed by atoms with E-state index in [1.54, 1.807) is 39.2 Å².